The van der Waals surface area contributed by atoms with Crippen LogP contribution in [0.5, 0.6) is 11.5 Å². The van der Waals surface area contributed by atoms with Crippen LogP contribution in [-0.2, 0) is 0 Å². The van der Waals surface area contributed by atoms with Gasteiger partial charge in [-0.15, -0.1) is 0 Å². The minimum atomic E-state index is -0.260. The van der Waals surface area contributed by atoms with Crippen molar-refractivity contribution in [2.24, 2.45) is 0 Å². The van der Waals surface area contributed by atoms with Crippen molar-refractivity contribution in [3.05, 3.63) is 65.9 Å². The number of nitrogens with zero attached hydrogens (tertiary/aromatic N) is 2. The number of anilines is 1. The van der Waals surface area contributed by atoms with Gasteiger partial charge in [-0.3, -0.25) is 4.79 Å². The fourth-order valence-electron chi connectivity index (χ4n) is 2.96. The predicted octanol–water partition coefficient (Wildman–Crippen LogP) is 4.47. The molecule has 7 nitrogen and oxygen atoms in total. The number of aryl methyl sites for hydroxylation is 1. The van der Waals surface area contributed by atoms with Gasteiger partial charge in [-0.25, -0.2) is 4.98 Å². The molecule has 1 N–H and O–H groups in total. The lowest BCUT2D eigenvalue weighted by atomic mass is 10.1. The molecular formula is C22H19N3O4. The van der Waals surface area contributed by atoms with Gasteiger partial charge >= 0.3 is 0 Å². The second-order valence-electron chi connectivity index (χ2n) is 6.43. The van der Waals surface area contributed by atoms with Crippen molar-refractivity contribution in [1.82, 2.24) is 9.97 Å². The average Bonchev–Trinajstić information content (AvgIpc) is 3.19. The van der Waals surface area contributed by atoms with Crippen LogP contribution in [0.15, 0.2) is 59.1 Å². The fraction of sp³-hybridized carbons (Fsp3) is 0.136. The third kappa shape index (κ3) is 3.75. The molecule has 7 heteroatoms. The maximum Gasteiger partial charge on any atom is 0.255 e. The maximum absolute atomic E-state index is 12.7. The number of methoxy groups -OCH3 is 2. The summed E-state index contributed by atoms with van der Waals surface area (Å²) in [6.45, 7) is 1.91. The number of oxazole rings is 1. The highest BCUT2D eigenvalue weighted by atomic mass is 16.5. The molecule has 0 aliphatic carbocycles. The van der Waals surface area contributed by atoms with E-state index < -0.39 is 0 Å². The molecule has 0 bridgehead atoms. The Bertz CT molecular complexity index is 1140. The number of carbonyl (C=O) groups is 1. The van der Waals surface area contributed by atoms with Gasteiger partial charge < -0.3 is 19.2 Å². The first kappa shape index (κ1) is 18.5. The van der Waals surface area contributed by atoms with Crippen molar-refractivity contribution in [1.29, 1.82) is 0 Å². The molecule has 0 spiro atoms. The summed E-state index contributed by atoms with van der Waals surface area (Å²) in [6, 6.07) is 14.2. The summed E-state index contributed by atoms with van der Waals surface area (Å²) in [5.41, 5.74) is 4.00. The molecule has 2 heterocycles. The Labute approximate surface area is 167 Å². The van der Waals surface area contributed by atoms with Gasteiger partial charge in [0, 0.05) is 29.1 Å². The van der Waals surface area contributed by atoms with E-state index in [-0.39, 0.29) is 5.91 Å². The monoisotopic (exact) mass is 389 g/mol. The smallest absolute Gasteiger partial charge is 0.255 e. The van der Waals surface area contributed by atoms with Gasteiger partial charge in [0.1, 0.15) is 11.5 Å². The van der Waals surface area contributed by atoms with Crippen LogP contribution in [0.2, 0.25) is 0 Å². The van der Waals surface area contributed by atoms with E-state index in [1.54, 1.807) is 44.7 Å². The summed E-state index contributed by atoms with van der Waals surface area (Å²) in [5.74, 6) is 1.32. The van der Waals surface area contributed by atoms with Crippen LogP contribution in [0.1, 0.15) is 15.9 Å². The molecule has 0 atom stereocenters. The van der Waals surface area contributed by atoms with Crippen molar-refractivity contribution in [3.8, 4) is 23.0 Å². The average molecular weight is 389 g/mol. The number of carbonyl (C=O) groups excluding carboxylic acids is 1. The molecule has 0 unspecified atom stereocenters. The lowest BCUT2D eigenvalue weighted by Gasteiger charge is -2.11. The number of fused-ring (bicyclic) bond motifs is 1. The highest BCUT2D eigenvalue weighted by Gasteiger charge is 2.14. The molecule has 2 aromatic carbocycles. The second-order valence-corrected chi connectivity index (χ2v) is 6.43. The molecule has 146 valence electrons. The van der Waals surface area contributed by atoms with Crippen LogP contribution < -0.4 is 14.8 Å². The zero-order valence-electron chi connectivity index (χ0n) is 16.2. The molecule has 0 saturated heterocycles. The van der Waals surface area contributed by atoms with Crippen LogP contribution >= 0.6 is 0 Å². The summed E-state index contributed by atoms with van der Waals surface area (Å²) in [7, 11) is 3.09. The Morgan fingerprint density at radius 2 is 1.79 bits per heavy atom. The number of benzene rings is 2. The lowest BCUT2D eigenvalue weighted by molar-refractivity contribution is 0.102. The molecule has 1 amide bonds. The van der Waals surface area contributed by atoms with Crippen molar-refractivity contribution in [2.75, 3.05) is 19.5 Å². The van der Waals surface area contributed by atoms with Gasteiger partial charge in [-0.2, -0.15) is 4.98 Å². The highest BCUT2D eigenvalue weighted by Crippen LogP contribution is 2.28. The van der Waals surface area contributed by atoms with E-state index in [4.69, 9.17) is 13.9 Å². The molecule has 4 aromatic rings. The Morgan fingerprint density at radius 1 is 1.03 bits per heavy atom. The zero-order valence-corrected chi connectivity index (χ0v) is 16.2. The number of nitrogens with one attached hydrogen (secondary N) is 1. The fourth-order valence-corrected chi connectivity index (χ4v) is 2.96. The van der Waals surface area contributed by atoms with E-state index in [1.807, 2.05) is 31.2 Å². The van der Waals surface area contributed by atoms with Gasteiger partial charge in [0.05, 0.1) is 14.2 Å². The molecule has 0 aliphatic heterocycles. The van der Waals surface area contributed by atoms with Crippen molar-refractivity contribution < 1.29 is 18.7 Å². The number of rotatable bonds is 5. The normalized spacial score (nSPS) is 10.7. The maximum atomic E-state index is 12.7. The van der Waals surface area contributed by atoms with Crippen molar-refractivity contribution >= 4 is 22.8 Å². The quantitative estimate of drug-likeness (QED) is 0.542. The van der Waals surface area contributed by atoms with E-state index in [2.05, 4.69) is 15.3 Å². The molecule has 0 fully saturated rings. The van der Waals surface area contributed by atoms with Crippen LogP contribution in [0.25, 0.3) is 22.7 Å². The first-order valence-corrected chi connectivity index (χ1v) is 8.94. The van der Waals surface area contributed by atoms with Gasteiger partial charge in [0.25, 0.3) is 5.91 Å². The SMILES string of the molecule is COc1cc(OC)cc(C(=O)Nc2ccc(-c3nc4ncccc4o3)cc2C)c1. The van der Waals surface area contributed by atoms with Crippen molar-refractivity contribution in [2.45, 2.75) is 6.92 Å². The van der Waals surface area contributed by atoms with E-state index in [9.17, 15) is 4.79 Å². The molecular weight excluding hydrogens is 370 g/mol. The Hall–Kier alpha value is -3.87. The molecule has 0 aliphatic rings. The first-order valence-electron chi connectivity index (χ1n) is 8.94. The summed E-state index contributed by atoms with van der Waals surface area (Å²) in [6.07, 6.45) is 1.67. The zero-order chi connectivity index (χ0) is 20.4. The number of hydrogen-bond acceptors (Lipinski definition) is 6. The number of hydrogen-bond donors (Lipinski definition) is 1. The van der Waals surface area contributed by atoms with E-state index in [0.717, 1.165) is 11.1 Å². The van der Waals surface area contributed by atoms with E-state index in [0.29, 0.717) is 39.9 Å². The number of pyridine rings is 1. The Kier molecular flexibility index (Phi) is 4.87. The first-order chi connectivity index (χ1) is 14.1. The minimum absolute atomic E-state index is 0.260. The van der Waals surface area contributed by atoms with E-state index >= 15 is 0 Å². The molecule has 0 radical (unpaired) electrons. The van der Waals surface area contributed by atoms with Crippen LogP contribution in [-0.4, -0.2) is 30.1 Å². The van der Waals surface area contributed by atoms with Crippen molar-refractivity contribution in [3.63, 3.8) is 0 Å². The Morgan fingerprint density at radius 3 is 2.45 bits per heavy atom. The molecule has 0 saturated carbocycles. The van der Waals surface area contributed by atoms with Gasteiger partial charge in [0.15, 0.2) is 11.2 Å². The topological polar surface area (TPSA) is 86.5 Å². The van der Waals surface area contributed by atoms with Gasteiger partial charge in [-0.05, 0) is 55.0 Å². The number of amides is 1. The largest absolute Gasteiger partial charge is 0.497 e. The highest BCUT2D eigenvalue weighted by molar-refractivity contribution is 6.05. The summed E-state index contributed by atoms with van der Waals surface area (Å²) in [4.78, 5) is 21.3. The third-order valence-electron chi connectivity index (χ3n) is 4.50. The van der Waals surface area contributed by atoms with Crippen LogP contribution in [0, 0.1) is 6.92 Å². The standard InChI is InChI=1S/C22H19N3O4/c1-13-9-14(22-25-20-19(29-22)5-4-8-23-20)6-7-18(13)24-21(26)15-10-16(27-2)12-17(11-15)28-3/h4-12H,1-3H3,(H,24,26). The molecule has 4 rings (SSSR count). The van der Waals surface area contributed by atoms with Crippen LogP contribution in [0.4, 0.5) is 5.69 Å². The third-order valence-corrected chi connectivity index (χ3v) is 4.50. The Balaban J connectivity index is 1.59. The second kappa shape index (κ2) is 7.63. The van der Waals surface area contributed by atoms with Gasteiger partial charge in [-0.1, -0.05) is 0 Å². The summed E-state index contributed by atoms with van der Waals surface area (Å²) in [5, 5.41) is 2.92. The number of ether oxygens (including phenoxy) is 2. The van der Waals surface area contributed by atoms with Crippen LogP contribution in [0.3, 0.4) is 0 Å². The minimum Gasteiger partial charge on any atom is -0.497 e. The summed E-state index contributed by atoms with van der Waals surface area (Å²) >= 11 is 0. The molecule has 29 heavy (non-hydrogen) atoms. The number of aromatic nitrogens is 2. The molecule has 2 aromatic heterocycles. The van der Waals surface area contributed by atoms with E-state index in [1.165, 1.54) is 0 Å². The summed E-state index contributed by atoms with van der Waals surface area (Å²) < 4.78 is 16.2. The lowest BCUT2D eigenvalue weighted by Crippen LogP contribution is -2.13. The predicted molar refractivity (Wildman–Crippen MR) is 109 cm³/mol. The van der Waals surface area contributed by atoms with Gasteiger partial charge in [0.2, 0.25) is 5.89 Å².